The molecule has 2 amide bonds. The molecule has 1 aliphatic heterocycles. The van der Waals surface area contributed by atoms with Crippen LogP contribution < -0.4 is 11.1 Å². The average molecular weight is 453 g/mol. The summed E-state index contributed by atoms with van der Waals surface area (Å²) in [5, 5.41) is 13.9. The van der Waals surface area contributed by atoms with Gasteiger partial charge in [-0.1, -0.05) is 12.1 Å². The Kier molecular flexibility index (Phi) is 6.87. The van der Waals surface area contributed by atoms with Crippen LogP contribution in [0.1, 0.15) is 32.1 Å². The van der Waals surface area contributed by atoms with Crippen molar-refractivity contribution in [1.82, 2.24) is 20.2 Å². The highest BCUT2D eigenvalue weighted by Gasteiger charge is 2.26. The van der Waals surface area contributed by atoms with Crippen molar-refractivity contribution >= 4 is 22.7 Å². The van der Waals surface area contributed by atoms with Gasteiger partial charge in [-0.15, -0.1) is 0 Å². The van der Waals surface area contributed by atoms with Gasteiger partial charge in [0.2, 0.25) is 0 Å². The fraction of sp³-hybridized carbons (Fsp3) is 0.304. The lowest BCUT2D eigenvalue weighted by Crippen LogP contribution is -2.44. The summed E-state index contributed by atoms with van der Waals surface area (Å²) in [6.45, 7) is 2.26. The minimum Gasteiger partial charge on any atom is -0.379 e. The number of morpholine rings is 1. The molecule has 3 heterocycles. The molecular formula is C23H24FN5O4. The predicted octanol–water partition coefficient (Wildman–Crippen LogP) is 0.991. The molecule has 33 heavy (non-hydrogen) atoms. The van der Waals surface area contributed by atoms with Gasteiger partial charge >= 0.3 is 0 Å². The minimum absolute atomic E-state index is 0.00127. The molecule has 10 heteroatoms. The molecule has 1 atom stereocenters. The summed E-state index contributed by atoms with van der Waals surface area (Å²) in [6, 6.07) is 9.07. The first-order valence-corrected chi connectivity index (χ1v) is 10.5. The zero-order valence-corrected chi connectivity index (χ0v) is 17.8. The number of halogens is 1. The number of hydrogen-bond donors (Lipinski definition) is 3. The van der Waals surface area contributed by atoms with Crippen molar-refractivity contribution in [2.24, 2.45) is 5.73 Å². The average Bonchev–Trinajstić information content (AvgIpc) is 2.84. The van der Waals surface area contributed by atoms with E-state index in [-0.39, 0.29) is 30.2 Å². The van der Waals surface area contributed by atoms with E-state index in [1.807, 2.05) is 4.90 Å². The molecule has 2 aromatic heterocycles. The van der Waals surface area contributed by atoms with Gasteiger partial charge in [0.15, 0.2) is 0 Å². The summed E-state index contributed by atoms with van der Waals surface area (Å²) >= 11 is 0. The molecule has 0 saturated carbocycles. The Morgan fingerprint density at radius 3 is 2.61 bits per heavy atom. The van der Waals surface area contributed by atoms with Crippen molar-refractivity contribution < 1.29 is 23.8 Å². The van der Waals surface area contributed by atoms with Crippen molar-refractivity contribution in [2.45, 2.75) is 19.2 Å². The van der Waals surface area contributed by atoms with Crippen LogP contribution >= 0.6 is 0 Å². The van der Waals surface area contributed by atoms with Crippen molar-refractivity contribution in [3.8, 4) is 0 Å². The maximum absolute atomic E-state index is 13.1. The van der Waals surface area contributed by atoms with E-state index in [0.29, 0.717) is 48.3 Å². The van der Waals surface area contributed by atoms with Gasteiger partial charge in [0, 0.05) is 43.2 Å². The van der Waals surface area contributed by atoms with Crippen molar-refractivity contribution in [3.63, 3.8) is 0 Å². The molecule has 1 fully saturated rings. The Morgan fingerprint density at radius 2 is 1.91 bits per heavy atom. The predicted molar refractivity (Wildman–Crippen MR) is 118 cm³/mol. The van der Waals surface area contributed by atoms with E-state index >= 15 is 0 Å². The van der Waals surface area contributed by atoms with Crippen molar-refractivity contribution in [2.75, 3.05) is 26.3 Å². The first-order chi connectivity index (χ1) is 15.9. The summed E-state index contributed by atoms with van der Waals surface area (Å²) in [7, 11) is 0. The highest BCUT2D eigenvalue weighted by Crippen LogP contribution is 2.24. The van der Waals surface area contributed by atoms with Crippen LogP contribution in [0, 0.1) is 5.82 Å². The number of carbonyl (C=O) groups excluding carboxylic acids is 2. The molecule has 0 aliphatic carbocycles. The number of nitrogens with one attached hydrogen (secondary N) is 1. The van der Waals surface area contributed by atoms with Crippen LogP contribution in [-0.4, -0.2) is 64.3 Å². The lowest BCUT2D eigenvalue weighted by atomic mass is 10.0. The molecule has 1 unspecified atom stereocenters. The first-order valence-electron chi connectivity index (χ1n) is 10.5. The van der Waals surface area contributed by atoms with Crippen LogP contribution in [0.25, 0.3) is 10.9 Å². The van der Waals surface area contributed by atoms with E-state index in [1.165, 1.54) is 18.3 Å². The largest absolute Gasteiger partial charge is 0.379 e. The number of carbonyl (C=O) groups is 2. The maximum atomic E-state index is 13.1. The van der Waals surface area contributed by atoms with E-state index in [4.69, 9.17) is 10.5 Å². The SMILES string of the molecule is NC(=O)c1nc(C(=O)NCc2ccc(F)cc2)c2cccnc2c1CC(O)N1CCOCC1. The van der Waals surface area contributed by atoms with E-state index in [1.54, 1.807) is 24.3 Å². The molecule has 9 nitrogen and oxygen atoms in total. The fourth-order valence-corrected chi connectivity index (χ4v) is 3.81. The second-order valence-electron chi connectivity index (χ2n) is 7.69. The monoisotopic (exact) mass is 453 g/mol. The molecule has 3 aromatic rings. The van der Waals surface area contributed by atoms with Crippen LogP contribution in [0.3, 0.4) is 0 Å². The Morgan fingerprint density at radius 1 is 1.18 bits per heavy atom. The smallest absolute Gasteiger partial charge is 0.270 e. The highest BCUT2D eigenvalue weighted by atomic mass is 19.1. The van der Waals surface area contributed by atoms with Gasteiger partial charge in [-0.2, -0.15) is 0 Å². The van der Waals surface area contributed by atoms with E-state index in [2.05, 4.69) is 15.3 Å². The number of pyridine rings is 2. The summed E-state index contributed by atoms with van der Waals surface area (Å²) in [4.78, 5) is 35.7. The fourth-order valence-electron chi connectivity index (χ4n) is 3.81. The van der Waals surface area contributed by atoms with Crippen molar-refractivity contribution in [1.29, 1.82) is 0 Å². The van der Waals surface area contributed by atoms with Gasteiger partial charge in [-0.05, 0) is 29.8 Å². The van der Waals surface area contributed by atoms with E-state index < -0.39 is 18.0 Å². The third kappa shape index (κ3) is 5.14. The number of fused-ring (bicyclic) bond motifs is 1. The van der Waals surface area contributed by atoms with Gasteiger partial charge in [0.25, 0.3) is 11.8 Å². The number of benzene rings is 1. The Balaban J connectivity index is 1.66. The number of aromatic nitrogens is 2. The van der Waals surface area contributed by atoms with Crippen LogP contribution in [0.4, 0.5) is 4.39 Å². The summed E-state index contributed by atoms with van der Waals surface area (Å²) < 4.78 is 18.4. The lowest BCUT2D eigenvalue weighted by Gasteiger charge is -2.31. The molecule has 1 aromatic carbocycles. The molecule has 4 rings (SSSR count). The van der Waals surface area contributed by atoms with Crippen molar-refractivity contribution in [3.05, 3.63) is 70.9 Å². The van der Waals surface area contributed by atoms with Gasteiger partial charge in [-0.25, -0.2) is 9.37 Å². The zero-order valence-electron chi connectivity index (χ0n) is 17.8. The first kappa shape index (κ1) is 22.7. The molecule has 172 valence electrons. The summed E-state index contributed by atoms with van der Waals surface area (Å²) in [5.41, 5.74) is 6.94. The van der Waals surface area contributed by atoms with Gasteiger partial charge < -0.3 is 20.9 Å². The second kappa shape index (κ2) is 9.99. The number of primary amides is 1. The van der Waals surface area contributed by atoms with E-state index in [0.717, 1.165) is 0 Å². The highest BCUT2D eigenvalue weighted by molar-refractivity contribution is 6.08. The Hall–Kier alpha value is -3.47. The number of aliphatic hydroxyl groups is 1. The number of hydrogen-bond acceptors (Lipinski definition) is 7. The van der Waals surface area contributed by atoms with Crippen LogP contribution in [0.5, 0.6) is 0 Å². The number of rotatable bonds is 7. The molecular weight excluding hydrogens is 429 g/mol. The molecule has 1 saturated heterocycles. The molecule has 0 radical (unpaired) electrons. The normalized spacial score (nSPS) is 15.3. The van der Waals surface area contributed by atoms with Gasteiger partial charge in [0.05, 0.1) is 18.7 Å². The second-order valence-corrected chi connectivity index (χ2v) is 7.69. The topological polar surface area (TPSA) is 131 Å². The maximum Gasteiger partial charge on any atom is 0.270 e. The number of ether oxygens (including phenoxy) is 1. The lowest BCUT2D eigenvalue weighted by molar-refractivity contribution is -0.0575. The number of amides is 2. The summed E-state index contributed by atoms with van der Waals surface area (Å²) in [6.07, 6.45) is 0.714. The quantitative estimate of drug-likeness (QED) is 0.486. The van der Waals surface area contributed by atoms with E-state index in [9.17, 15) is 19.1 Å². The Bertz CT molecular complexity index is 1170. The Labute approximate surface area is 189 Å². The third-order valence-electron chi connectivity index (χ3n) is 5.53. The molecule has 0 bridgehead atoms. The zero-order chi connectivity index (χ0) is 23.4. The minimum atomic E-state index is -0.892. The number of aliphatic hydroxyl groups excluding tert-OH is 1. The number of nitrogens with two attached hydrogens (primary N) is 1. The van der Waals surface area contributed by atoms with Crippen LogP contribution in [-0.2, 0) is 17.7 Å². The van der Waals surface area contributed by atoms with Gasteiger partial charge in [-0.3, -0.25) is 19.5 Å². The summed E-state index contributed by atoms with van der Waals surface area (Å²) in [5.74, 6) is -1.72. The third-order valence-corrected chi connectivity index (χ3v) is 5.53. The van der Waals surface area contributed by atoms with Crippen LogP contribution in [0.2, 0.25) is 0 Å². The standard InChI is InChI=1S/C23H24FN5O4/c24-15-5-3-14(4-6-15)13-27-23(32)21-16-2-1-7-26-19(16)17(20(28-21)22(25)31)12-18(30)29-8-10-33-11-9-29/h1-7,18,30H,8-13H2,(H2,25,31)(H,27,32). The molecule has 4 N–H and O–H groups in total. The van der Waals surface area contributed by atoms with Crippen LogP contribution in [0.15, 0.2) is 42.6 Å². The molecule has 1 aliphatic rings. The molecule has 0 spiro atoms. The van der Waals surface area contributed by atoms with Gasteiger partial charge in [0.1, 0.15) is 23.4 Å². The number of nitrogens with zero attached hydrogens (tertiary/aromatic N) is 3.